The Kier molecular flexibility index (Phi) is 4.64. The van der Waals surface area contributed by atoms with Gasteiger partial charge < -0.3 is 19.5 Å². The number of rotatable bonds is 5. The molecule has 0 aromatic heterocycles. The molecule has 24 heavy (non-hydrogen) atoms. The minimum Gasteiger partial charge on any atom is -0.493 e. The molecule has 3 atom stereocenters. The SMILES string of the molecule is COC(=O)c1cc(OC)c(OC)cc1NC(=O)[C@H]1C[C@H]2CC[C@H]1C2. The van der Waals surface area contributed by atoms with Crippen molar-refractivity contribution in [3.63, 3.8) is 0 Å². The highest BCUT2D eigenvalue weighted by Gasteiger charge is 2.43. The maximum atomic E-state index is 12.7. The van der Waals surface area contributed by atoms with Crippen molar-refractivity contribution in [1.29, 1.82) is 0 Å². The van der Waals surface area contributed by atoms with E-state index in [9.17, 15) is 9.59 Å². The van der Waals surface area contributed by atoms with Crippen molar-refractivity contribution in [3.05, 3.63) is 17.7 Å². The molecule has 0 spiro atoms. The minimum absolute atomic E-state index is 0.0282. The monoisotopic (exact) mass is 333 g/mol. The van der Waals surface area contributed by atoms with Crippen molar-refractivity contribution in [3.8, 4) is 11.5 Å². The fraction of sp³-hybridized carbons (Fsp3) is 0.556. The van der Waals surface area contributed by atoms with Crippen LogP contribution < -0.4 is 14.8 Å². The number of hydrogen-bond acceptors (Lipinski definition) is 5. The Hall–Kier alpha value is -2.24. The Morgan fingerprint density at radius 3 is 2.29 bits per heavy atom. The van der Waals surface area contributed by atoms with Crippen LogP contribution in [0.1, 0.15) is 36.0 Å². The zero-order chi connectivity index (χ0) is 17.3. The molecule has 6 nitrogen and oxygen atoms in total. The van der Waals surface area contributed by atoms with Gasteiger partial charge in [0.1, 0.15) is 0 Å². The molecule has 2 bridgehead atoms. The molecule has 0 unspecified atom stereocenters. The Labute approximate surface area is 141 Å². The van der Waals surface area contributed by atoms with Crippen molar-refractivity contribution in [2.45, 2.75) is 25.7 Å². The molecule has 2 aliphatic rings. The van der Waals surface area contributed by atoms with E-state index in [0.717, 1.165) is 19.3 Å². The Bertz CT molecular complexity index is 657. The molecular weight excluding hydrogens is 310 g/mol. The molecule has 2 fully saturated rings. The predicted octanol–water partition coefficient (Wildman–Crippen LogP) is 2.87. The number of esters is 1. The quantitative estimate of drug-likeness (QED) is 0.839. The first kappa shape index (κ1) is 16.6. The maximum absolute atomic E-state index is 12.7. The van der Waals surface area contributed by atoms with Gasteiger partial charge in [0.2, 0.25) is 5.91 Å². The summed E-state index contributed by atoms with van der Waals surface area (Å²) in [5.74, 6) is 1.48. The number of ether oxygens (including phenoxy) is 3. The summed E-state index contributed by atoms with van der Waals surface area (Å²) in [6.45, 7) is 0. The number of nitrogens with one attached hydrogen (secondary N) is 1. The van der Waals surface area contributed by atoms with E-state index < -0.39 is 5.97 Å². The van der Waals surface area contributed by atoms with Gasteiger partial charge in [0.05, 0.1) is 32.6 Å². The second-order valence-corrected chi connectivity index (χ2v) is 6.51. The van der Waals surface area contributed by atoms with Gasteiger partial charge in [0.15, 0.2) is 11.5 Å². The highest BCUT2D eigenvalue weighted by molar-refractivity contribution is 6.03. The largest absolute Gasteiger partial charge is 0.493 e. The van der Waals surface area contributed by atoms with E-state index in [-0.39, 0.29) is 17.4 Å². The van der Waals surface area contributed by atoms with Crippen LogP contribution in [0.15, 0.2) is 12.1 Å². The number of hydrogen-bond donors (Lipinski definition) is 1. The van der Waals surface area contributed by atoms with Gasteiger partial charge in [-0.25, -0.2) is 4.79 Å². The molecular formula is C18H23NO5. The van der Waals surface area contributed by atoms with Crippen LogP contribution in [0.2, 0.25) is 0 Å². The summed E-state index contributed by atoms with van der Waals surface area (Å²) in [6, 6.07) is 3.14. The molecule has 1 N–H and O–H groups in total. The van der Waals surface area contributed by atoms with Gasteiger partial charge in [0, 0.05) is 18.1 Å². The fourth-order valence-electron chi connectivity index (χ4n) is 4.05. The third kappa shape index (κ3) is 2.92. The van der Waals surface area contributed by atoms with Crippen molar-refractivity contribution in [2.24, 2.45) is 17.8 Å². The van der Waals surface area contributed by atoms with Gasteiger partial charge in [0.25, 0.3) is 0 Å². The molecule has 2 aliphatic carbocycles. The summed E-state index contributed by atoms with van der Waals surface area (Å²) in [5, 5.41) is 2.90. The van der Waals surface area contributed by atoms with Gasteiger partial charge >= 0.3 is 5.97 Å². The summed E-state index contributed by atoms with van der Waals surface area (Å²) in [7, 11) is 4.31. The Morgan fingerprint density at radius 1 is 1.04 bits per heavy atom. The van der Waals surface area contributed by atoms with Gasteiger partial charge in [-0.3, -0.25) is 4.79 Å². The molecule has 1 aromatic carbocycles. The second-order valence-electron chi connectivity index (χ2n) is 6.51. The Morgan fingerprint density at radius 2 is 1.75 bits per heavy atom. The lowest BCUT2D eigenvalue weighted by Gasteiger charge is -2.22. The van der Waals surface area contributed by atoms with Gasteiger partial charge in [-0.05, 0) is 31.1 Å². The van der Waals surface area contributed by atoms with E-state index >= 15 is 0 Å². The van der Waals surface area contributed by atoms with Crippen LogP contribution in [0.3, 0.4) is 0 Å². The van der Waals surface area contributed by atoms with Crippen molar-refractivity contribution >= 4 is 17.6 Å². The van der Waals surface area contributed by atoms with Crippen LogP contribution >= 0.6 is 0 Å². The van der Waals surface area contributed by atoms with Gasteiger partial charge in [-0.2, -0.15) is 0 Å². The lowest BCUT2D eigenvalue weighted by Crippen LogP contribution is -2.28. The van der Waals surface area contributed by atoms with Crippen LogP contribution in [0.5, 0.6) is 11.5 Å². The first-order valence-corrected chi connectivity index (χ1v) is 8.22. The van der Waals surface area contributed by atoms with E-state index in [2.05, 4.69) is 5.32 Å². The molecule has 1 amide bonds. The van der Waals surface area contributed by atoms with E-state index in [1.807, 2.05) is 0 Å². The summed E-state index contributed by atoms with van der Waals surface area (Å²) in [4.78, 5) is 24.7. The molecule has 0 aliphatic heterocycles. The lowest BCUT2D eigenvalue weighted by atomic mass is 9.88. The third-order valence-corrected chi connectivity index (χ3v) is 5.26. The summed E-state index contributed by atoms with van der Waals surface area (Å²) in [5.41, 5.74) is 0.652. The van der Waals surface area contributed by atoms with Crippen molar-refractivity contribution in [1.82, 2.24) is 0 Å². The van der Waals surface area contributed by atoms with E-state index in [1.54, 1.807) is 6.07 Å². The summed E-state index contributed by atoms with van der Waals surface area (Å²) in [6.07, 6.45) is 4.45. The molecule has 1 aromatic rings. The average Bonchev–Trinajstić information content (AvgIpc) is 3.23. The van der Waals surface area contributed by atoms with Crippen LogP contribution in [0, 0.1) is 17.8 Å². The summed E-state index contributed by atoms with van der Waals surface area (Å²) >= 11 is 0. The topological polar surface area (TPSA) is 73.9 Å². The van der Waals surface area contributed by atoms with E-state index in [4.69, 9.17) is 14.2 Å². The highest BCUT2D eigenvalue weighted by Crippen LogP contribution is 2.48. The van der Waals surface area contributed by atoms with Gasteiger partial charge in [-0.1, -0.05) is 6.42 Å². The first-order chi connectivity index (χ1) is 11.6. The minimum atomic E-state index is -0.529. The third-order valence-electron chi connectivity index (χ3n) is 5.26. The highest BCUT2D eigenvalue weighted by atomic mass is 16.5. The lowest BCUT2D eigenvalue weighted by molar-refractivity contribution is -0.121. The van der Waals surface area contributed by atoms with Crippen LogP contribution in [-0.2, 0) is 9.53 Å². The molecule has 3 rings (SSSR count). The second kappa shape index (κ2) is 6.71. The standard InChI is InChI=1S/C18H23NO5/c1-22-15-8-13(18(21)24-3)14(9-16(15)23-2)19-17(20)12-7-10-4-5-11(12)6-10/h8-12H,4-7H2,1-3H3,(H,19,20)/t10-,11-,12-/m0/s1. The number of amides is 1. The van der Waals surface area contributed by atoms with Gasteiger partial charge in [-0.15, -0.1) is 0 Å². The van der Waals surface area contributed by atoms with Crippen molar-refractivity contribution in [2.75, 3.05) is 26.6 Å². The molecule has 0 heterocycles. The first-order valence-electron chi connectivity index (χ1n) is 8.22. The zero-order valence-electron chi connectivity index (χ0n) is 14.3. The number of carbonyl (C=O) groups excluding carboxylic acids is 2. The van der Waals surface area contributed by atoms with Crippen LogP contribution in [0.4, 0.5) is 5.69 Å². The summed E-state index contributed by atoms with van der Waals surface area (Å²) < 4.78 is 15.3. The normalized spacial score (nSPS) is 24.5. The maximum Gasteiger partial charge on any atom is 0.340 e. The van der Waals surface area contributed by atoms with E-state index in [1.165, 1.54) is 33.8 Å². The molecule has 2 saturated carbocycles. The zero-order valence-corrected chi connectivity index (χ0v) is 14.3. The number of anilines is 1. The molecule has 0 saturated heterocycles. The predicted molar refractivity (Wildman–Crippen MR) is 88.5 cm³/mol. The molecule has 6 heteroatoms. The van der Waals surface area contributed by atoms with Crippen molar-refractivity contribution < 1.29 is 23.8 Å². The fourth-order valence-corrected chi connectivity index (χ4v) is 4.05. The van der Waals surface area contributed by atoms with E-state index in [0.29, 0.717) is 29.0 Å². The number of benzene rings is 1. The smallest absolute Gasteiger partial charge is 0.340 e. The number of carbonyl (C=O) groups is 2. The molecule has 130 valence electrons. The average molecular weight is 333 g/mol. The van der Waals surface area contributed by atoms with Crippen LogP contribution in [0.25, 0.3) is 0 Å². The molecule has 0 radical (unpaired) electrons. The Balaban J connectivity index is 1.87. The number of fused-ring (bicyclic) bond motifs is 2. The van der Waals surface area contributed by atoms with Crippen LogP contribution in [-0.4, -0.2) is 33.2 Å². The number of methoxy groups -OCH3 is 3.